The van der Waals surface area contributed by atoms with E-state index in [-0.39, 0.29) is 60.2 Å². The van der Waals surface area contributed by atoms with Gasteiger partial charge in [0, 0.05) is 0 Å². The van der Waals surface area contributed by atoms with E-state index in [9.17, 15) is 119 Å². The van der Waals surface area contributed by atoms with Crippen LogP contribution in [0, 0.1) is 148 Å². The Balaban J connectivity index is -0.00000127. The SMILES string of the molecule is CC(C)(C)C(C)(C)C(C)(C)C(F)(F)F.CC(C)C(C)(C)C(C)(C)C.CC(C)[C@@H](C)C(C)(C)C.CC1CCC(C(F)(F)F)(C(F)(F)F)CC1.CC1CCC(C(F)(F)F)CC1.CC1CCCC(C(F)(F)F)[C@@H]1C.C[C@@H]1CCCC(C(F)(F)F)C1.C[C@@H]1CCCCC1(C(F)(F)F)C(F)(F)F.C[C@H](C(C)(C)C)C(C)(C)C(F)(F)F.C[C@H]1CC2CCC1(C)CC2. The Labute approximate surface area is 709 Å². The average molecular weight is 1800 g/mol. The molecule has 2 bridgehead atoms. The Morgan fingerprint density at radius 3 is 0.925 bits per heavy atom. The summed E-state index contributed by atoms with van der Waals surface area (Å²) in [4.78, 5) is 0. The molecule has 0 aromatic rings. The fourth-order valence-corrected chi connectivity index (χ4v) is 17.0. The Bertz CT molecular complexity index is 2720. The average Bonchev–Trinajstić information content (AvgIpc) is 0.809. The third-order valence-corrected chi connectivity index (χ3v) is 31.7. The van der Waals surface area contributed by atoms with Crippen molar-refractivity contribution in [2.45, 2.75) is 445 Å². The molecule has 0 spiro atoms. The van der Waals surface area contributed by atoms with E-state index in [1.165, 1.54) is 59.8 Å². The Kier molecular flexibility index (Phi) is 45.9. The maximum atomic E-state index is 12.9. The van der Waals surface area contributed by atoms with E-state index in [1.54, 1.807) is 34.6 Å². The Morgan fingerprint density at radius 1 is 0.308 bits per heavy atom. The van der Waals surface area contributed by atoms with Crippen molar-refractivity contribution < 1.29 is 119 Å². The van der Waals surface area contributed by atoms with Crippen molar-refractivity contribution in [1.29, 1.82) is 0 Å². The van der Waals surface area contributed by atoms with Gasteiger partial charge in [-0.25, -0.2) is 0 Å². The van der Waals surface area contributed by atoms with E-state index in [0.717, 1.165) is 80.5 Å². The van der Waals surface area contributed by atoms with Crippen LogP contribution in [0.5, 0.6) is 0 Å². The van der Waals surface area contributed by atoms with Gasteiger partial charge in [-0.05, 0) is 212 Å². The molecule has 27 heteroatoms. The maximum absolute atomic E-state index is 12.9. The van der Waals surface area contributed by atoms with Gasteiger partial charge in [0.25, 0.3) is 0 Å². The number of fused-ring (bicyclic) bond motifs is 3. The summed E-state index contributed by atoms with van der Waals surface area (Å²) in [6, 6.07) is 0. The highest BCUT2D eigenvalue weighted by Crippen LogP contribution is 2.63. The van der Waals surface area contributed by atoms with Crippen LogP contribution in [0.4, 0.5) is 119 Å². The summed E-state index contributed by atoms with van der Waals surface area (Å²) in [6.07, 6.45) is -28.9. The Hall–Kier alpha value is -1.89. The number of hydrogen-bond donors (Lipinski definition) is 0. The smallest absolute Gasteiger partial charge is 0.171 e. The van der Waals surface area contributed by atoms with Gasteiger partial charge >= 0.3 is 55.6 Å². The van der Waals surface area contributed by atoms with Gasteiger partial charge in [0.15, 0.2) is 10.8 Å². The number of hydrogen-bond acceptors (Lipinski definition) is 0. The first-order valence-corrected chi connectivity index (χ1v) is 44.2. The van der Waals surface area contributed by atoms with Crippen molar-refractivity contribution in [2.24, 2.45) is 148 Å². The van der Waals surface area contributed by atoms with Crippen LogP contribution >= 0.6 is 0 Å². The van der Waals surface area contributed by atoms with Gasteiger partial charge in [-0.3, -0.25) is 0 Å². The van der Waals surface area contributed by atoms with E-state index >= 15 is 0 Å². The van der Waals surface area contributed by atoms with Crippen LogP contribution in [0.1, 0.15) is 390 Å². The van der Waals surface area contributed by atoms with Crippen molar-refractivity contribution in [3.05, 3.63) is 0 Å². The standard InChI is InChI=1S/C11H21F3.C10H19F3.C10H18.C10H22.2C9H12F6.C9H15F3.C9H20.2C8H13F3/c1-8(2,3)9(4,5)10(6,7)11(12,13)14;1-7(8(2,3)4)9(5,6)10(11,12)13;1-8-7-9-3-5-10(8,2)6-4-9;1-8(2)10(6,7)9(3,4)5;1-6-2-4-7(5-3-6,8(10,11)12)9(13,14)15;1-6-4-2-3-5-7(6,8(10,11)12)9(13,14)15;1-6-4-3-5-8(7(6)2)9(10,11)12;1-7(2)8(3)9(4,5)6;1-6-2-4-7(5-3-6)8(9,10)11;1-6-3-2-4-7(5-6)8(9,10)11/h1-7H3;7H,1-6H3;8-9H,3-7H2,1-2H3;8H,1-7H3;2*6H,2-5H2,1H3;6-8H,3-5H2,1-2H3;7-8H,1-6H3;2*6-7H,2-5H2,1H3/t;7-;8-,9?,10?;;;6-;6?,7-,8?;8-;;6-,7?/m.10..111.1/s1. The van der Waals surface area contributed by atoms with Gasteiger partial charge in [0.2, 0.25) is 0 Å². The lowest BCUT2D eigenvalue weighted by molar-refractivity contribution is -0.364. The van der Waals surface area contributed by atoms with E-state index < -0.39 is 132 Å². The van der Waals surface area contributed by atoms with Gasteiger partial charge in [-0.1, -0.05) is 287 Å². The van der Waals surface area contributed by atoms with Gasteiger partial charge in [0.1, 0.15) is 0 Å². The second kappa shape index (κ2) is 45.1. The topological polar surface area (TPSA) is 0 Å². The van der Waals surface area contributed by atoms with Crippen LogP contribution in [0.2, 0.25) is 0 Å². The lowest BCUT2D eigenvalue weighted by atomic mass is 9.55. The first-order chi connectivity index (χ1) is 52.6. The molecule has 0 aromatic carbocycles. The van der Waals surface area contributed by atoms with E-state index in [0.29, 0.717) is 60.7 Å². The summed E-state index contributed by atoms with van der Waals surface area (Å²) in [7, 11) is 0. The second-order valence-electron chi connectivity index (χ2n) is 44.9. The fourth-order valence-electron chi connectivity index (χ4n) is 17.0. The molecule has 8 fully saturated rings. The molecule has 0 aliphatic heterocycles. The predicted octanol–water partition coefficient (Wildman–Crippen LogP) is 38.2. The molecule has 8 aliphatic carbocycles. The van der Waals surface area contributed by atoms with Crippen molar-refractivity contribution in [3.8, 4) is 0 Å². The van der Waals surface area contributed by atoms with E-state index in [2.05, 4.69) is 104 Å². The molecule has 0 N–H and O–H groups in total. The molecule has 0 radical (unpaired) electrons. The van der Waals surface area contributed by atoms with Crippen LogP contribution in [-0.4, -0.2) is 55.6 Å². The van der Waals surface area contributed by atoms with Crippen LogP contribution in [-0.2, 0) is 0 Å². The molecular formula is C93H165F27. The minimum absolute atomic E-state index is 0.0106. The molecule has 9 atom stereocenters. The summed E-state index contributed by atoms with van der Waals surface area (Å²) in [5.74, 6) is 0.361. The molecule has 0 nitrogen and oxygen atoms in total. The second-order valence-corrected chi connectivity index (χ2v) is 44.9. The van der Waals surface area contributed by atoms with Crippen LogP contribution in [0.15, 0.2) is 0 Å². The van der Waals surface area contributed by atoms with Gasteiger partial charge < -0.3 is 0 Å². The van der Waals surface area contributed by atoms with E-state index in [4.69, 9.17) is 0 Å². The van der Waals surface area contributed by atoms with Crippen molar-refractivity contribution >= 4 is 0 Å². The minimum atomic E-state index is -5.20. The van der Waals surface area contributed by atoms with Gasteiger partial charge in [0.05, 0.1) is 28.6 Å². The minimum Gasteiger partial charge on any atom is -0.171 e. The lowest BCUT2D eigenvalue weighted by Gasteiger charge is -2.51. The zero-order chi connectivity index (χ0) is 96.6. The molecular weight excluding hydrogens is 1630 g/mol. The third-order valence-electron chi connectivity index (χ3n) is 31.7. The first-order valence-electron chi connectivity index (χ1n) is 44.2. The highest BCUT2D eigenvalue weighted by molar-refractivity contribution is 5.01. The molecule has 0 heterocycles. The summed E-state index contributed by atoms with van der Waals surface area (Å²) in [6.45, 7) is 66.4. The molecule has 0 saturated heterocycles. The molecule has 8 saturated carbocycles. The summed E-state index contributed by atoms with van der Waals surface area (Å²) in [5.41, 5.74) is -9.69. The van der Waals surface area contributed by atoms with Crippen molar-refractivity contribution in [2.75, 3.05) is 0 Å². The predicted molar refractivity (Wildman–Crippen MR) is 437 cm³/mol. The summed E-state index contributed by atoms with van der Waals surface area (Å²) < 4.78 is 337. The molecule has 0 aromatic heterocycles. The normalized spacial score (nSPS) is 27.1. The molecule has 726 valence electrons. The Morgan fingerprint density at radius 2 is 0.708 bits per heavy atom. The molecule has 0 amide bonds. The van der Waals surface area contributed by atoms with E-state index in [1.807, 2.05) is 62.3 Å². The highest BCUT2D eigenvalue weighted by Gasteiger charge is 2.73. The zero-order valence-electron chi connectivity index (χ0n) is 79.8. The number of rotatable bonds is 4. The van der Waals surface area contributed by atoms with Crippen molar-refractivity contribution in [1.82, 2.24) is 0 Å². The number of halogens is 27. The largest absolute Gasteiger partial charge is 0.403 e. The van der Waals surface area contributed by atoms with Crippen molar-refractivity contribution in [3.63, 3.8) is 0 Å². The van der Waals surface area contributed by atoms with Gasteiger partial charge in [-0.15, -0.1) is 0 Å². The first kappa shape index (κ1) is 122. The number of alkyl halides is 27. The van der Waals surface area contributed by atoms with Crippen LogP contribution in [0.3, 0.4) is 0 Å². The highest BCUT2D eigenvalue weighted by atomic mass is 19.4. The molecule has 120 heavy (non-hydrogen) atoms. The molecule has 8 aliphatic rings. The fraction of sp³-hybridized carbons (Fsp3) is 1.00. The lowest BCUT2D eigenvalue weighted by Crippen LogP contribution is -2.55. The summed E-state index contributed by atoms with van der Waals surface area (Å²) >= 11 is 0. The third kappa shape index (κ3) is 35.9. The summed E-state index contributed by atoms with van der Waals surface area (Å²) in [5, 5.41) is 0. The molecule has 8 rings (SSSR count). The van der Waals surface area contributed by atoms with Gasteiger partial charge in [-0.2, -0.15) is 119 Å². The quantitative estimate of drug-likeness (QED) is 0.246. The van der Waals surface area contributed by atoms with Crippen LogP contribution < -0.4 is 0 Å². The molecule has 3 unspecified atom stereocenters. The monoisotopic (exact) mass is 1800 g/mol. The maximum Gasteiger partial charge on any atom is 0.403 e. The zero-order valence-corrected chi connectivity index (χ0v) is 79.8. The van der Waals surface area contributed by atoms with Crippen LogP contribution in [0.25, 0.3) is 0 Å².